The summed E-state index contributed by atoms with van der Waals surface area (Å²) < 4.78 is 23.3. The monoisotopic (exact) mass is 284 g/mol. The zero-order chi connectivity index (χ0) is 15.0. The highest BCUT2D eigenvalue weighted by Crippen LogP contribution is 2.19. The van der Waals surface area contributed by atoms with Gasteiger partial charge in [-0.25, -0.2) is 4.39 Å². The molecule has 0 spiro atoms. The van der Waals surface area contributed by atoms with Crippen molar-refractivity contribution in [3.8, 4) is 0 Å². The maximum atomic E-state index is 13.5. The van der Waals surface area contributed by atoms with Gasteiger partial charge >= 0.3 is 0 Å². The molecule has 0 unspecified atom stereocenters. The van der Waals surface area contributed by atoms with Gasteiger partial charge < -0.3 is 20.1 Å². The van der Waals surface area contributed by atoms with Crippen LogP contribution < -0.4 is 10.6 Å². The Morgan fingerprint density at radius 2 is 2.00 bits per heavy atom. The van der Waals surface area contributed by atoms with Gasteiger partial charge in [0.15, 0.2) is 0 Å². The average Bonchev–Trinajstić information content (AvgIpc) is 2.38. The number of carbonyl (C=O) groups is 2. The molecule has 0 heterocycles. The van der Waals surface area contributed by atoms with Crippen LogP contribution >= 0.6 is 0 Å². The second-order valence-corrected chi connectivity index (χ2v) is 3.97. The molecule has 0 atom stereocenters. The number of hydrogen-bond acceptors (Lipinski definition) is 4. The van der Waals surface area contributed by atoms with Crippen molar-refractivity contribution in [2.45, 2.75) is 6.92 Å². The summed E-state index contributed by atoms with van der Waals surface area (Å²) in [6.07, 6.45) is 0. The summed E-state index contributed by atoms with van der Waals surface area (Å²) in [5, 5.41) is 4.87. The van der Waals surface area contributed by atoms with Crippen molar-refractivity contribution in [2.24, 2.45) is 0 Å². The predicted octanol–water partition coefficient (Wildman–Crippen LogP) is 1.39. The van der Waals surface area contributed by atoms with E-state index in [1.54, 1.807) is 0 Å². The highest BCUT2D eigenvalue weighted by Gasteiger charge is 2.08. The molecule has 1 aromatic rings. The third-order valence-electron chi connectivity index (χ3n) is 2.23. The summed E-state index contributed by atoms with van der Waals surface area (Å²) in [5.74, 6) is -1.36. The van der Waals surface area contributed by atoms with Gasteiger partial charge in [0, 0.05) is 19.7 Å². The number of anilines is 2. The number of benzene rings is 1. The number of carbonyl (C=O) groups excluding carboxylic acids is 2. The Bertz CT molecular complexity index is 479. The molecule has 1 rings (SSSR count). The van der Waals surface area contributed by atoms with Crippen molar-refractivity contribution in [3.63, 3.8) is 0 Å². The molecule has 0 aliphatic heterocycles. The lowest BCUT2D eigenvalue weighted by atomic mass is 10.2. The minimum atomic E-state index is -0.593. The first-order valence-electron chi connectivity index (χ1n) is 5.96. The van der Waals surface area contributed by atoms with Crippen molar-refractivity contribution >= 4 is 23.2 Å². The molecule has 6 nitrogen and oxygen atoms in total. The van der Waals surface area contributed by atoms with Crippen LogP contribution in [0.15, 0.2) is 18.2 Å². The first-order chi connectivity index (χ1) is 9.52. The standard InChI is InChI=1S/C13H17FN2O4/c1-9(17)15-10-3-4-11(14)12(7-10)16-13(18)8-20-6-5-19-2/h3-4,7H,5-6,8H2,1-2H3,(H,15,17)(H,16,18). The van der Waals surface area contributed by atoms with Gasteiger partial charge in [-0.3, -0.25) is 9.59 Å². The third-order valence-corrected chi connectivity index (χ3v) is 2.23. The fourth-order valence-electron chi connectivity index (χ4n) is 1.40. The lowest BCUT2D eigenvalue weighted by Crippen LogP contribution is -2.20. The summed E-state index contributed by atoms with van der Waals surface area (Å²) in [4.78, 5) is 22.4. The number of hydrogen-bond donors (Lipinski definition) is 2. The molecular weight excluding hydrogens is 267 g/mol. The molecule has 110 valence electrons. The summed E-state index contributed by atoms with van der Waals surface area (Å²) in [6.45, 7) is 1.79. The smallest absolute Gasteiger partial charge is 0.250 e. The molecule has 2 amide bonds. The molecule has 0 aromatic heterocycles. The third kappa shape index (κ3) is 5.77. The zero-order valence-electron chi connectivity index (χ0n) is 11.4. The maximum Gasteiger partial charge on any atom is 0.250 e. The Morgan fingerprint density at radius 3 is 2.65 bits per heavy atom. The van der Waals surface area contributed by atoms with Crippen LogP contribution in [0.2, 0.25) is 0 Å². The van der Waals surface area contributed by atoms with E-state index in [-0.39, 0.29) is 24.8 Å². The number of rotatable bonds is 7. The van der Waals surface area contributed by atoms with Gasteiger partial charge in [0.2, 0.25) is 11.8 Å². The molecule has 0 radical (unpaired) electrons. The largest absolute Gasteiger partial charge is 0.382 e. The van der Waals surface area contributed by atoms with E-state index >= 15 is 0 Å². The minimum absolute atomic E-state index is 0.0170. The Labute approximate surface area is 116 Å². The topological polar surface area (TPSA) is 76.7 Å². The second-order valence-electron chi connectivity index (χ2n) is 3.97. The van der Waals surface area contributed by atoms with Crippen molar-refractivity contribution in [1.29, 1.82) is 0 Å². The van der Waals surface area contributed by atoms with Crippen LogP contribution in [0.1, 0.15) is 6.92 Å². The van der Waals surface area contributed by atoms with Crippen molar-refractivity contribution in [2.75, 3.05) is 37.6 Å². The Morgan fingerprint density at radius 1 is 1.25 bits per heavy atom. The normalized spacial score (nSPS) is 10.2. The molecule has 0 saturated carbocycles. The first-order valence-corrected chi connectivity index (χ1v) is 5.96. The van der Waals surface area contributed by atoms with E-state index in [1.807, 2.05) is 0 Å². The summed E-state index contributed by atoms with van der Waals surface area (Å²) in [6, 6.07) is 3.90. The van der Waals surface area contributed by atoms with Crippen LogP contribution in [-0.4, -0.2) is 38.7 Å². The average molecular weight is 284 g/mol. The number of nitrogens with one attached hydrogen (secondary N) is 2. The lowest BCUT2D eigenvalue weighted by Gasteiger charge is -2.09. The highest BCUT2D eigenvalue weighted by molar-refractivity contribution is 5.94. The van der Waals surface area contributed by atoms with Crippen LogP contribution in [-0.2, 0) is 19.1 Å². The van der Waals surface area contributed by atoms with Gasteiger partial charge in [0.1, 0.15) is 12.4 Å². The quantitative estimate of drug-likeness (QED) is 0.742. The van der Waals surface area contributed by atoms with Gasteiger partial charge in [0.05, 0.1) is 18.9 Å². The molecule has 0 aliphatic rings. The molecule has 0 bridgehead atoms. The van der Waals surface area contributed by atoms with Crippen molar-refractivity contribution in [1.82, 2.24) is 0 Å². The molecule has 2 N–H and O–H groups in total. The van der Waals surface area contributed by atoms with Crippen molar-refractivity contribution in [3.05, 3.63) is 24.0 Å². The van der Waals surface area contributed by atoms with E-state index in [2.05, 4.69) is 10.6 Å². The second kappa shape index (κ2) is 8.23. The van der Waals surface area contributed by atoms with Crippen molar-refractivity contribution < 1.29 is 23.5 Å². The maximum absolute atomic E-state index is 13.5. The highest BCUT2D eigenvalue weighted by atomic mass is 19.1. The van der Waals surface area contributed by atoms with Gasteiger partial charge in [-0.2, -0.15) is 0 Å². The molecule has 7 heteroatoms. The Hall–Kier alpha value is -1.99. The number of ether oxygens (including phenoxy) is 2. The van der Waals surface area contributed by atoms with E-state index in [4.69, 9.17) is 9.47 Å². The van der Waals surface area contributed by atoms with Crippen LogP contribution in [0.3, 0.4) is 0 Å². The zero-order valence-corrected chi connectivity index (χ0v) is 11.4. The Balaban J connectivity index is 2.57. The number of halogens is 1. The fraction of sp³-hybridized carbons (Fsp3) is 0.385. The van der Waals surface area contributed by atoms with Crippen LogP contribution in [0.4, 0.5) is 15.8 Å². The van der Waals surface area contributed by atoms with E-state index in [9.17, 15) is 14.0 Å². The van der Waals surface area contributed by atoms with Gasteiger partial charge in [-0.1, -0.05) is 0 Å². The van der Waals surface area contributed by atoms with Gasteiger partial charge in [-0.05, 0) is 18.2 Å². The van der Waals surface area contributed by atoms with E-state index < -0.39 is 11.7 Å². The lowest BCUT2D eigenvalue weighted by molar-refractivity contribution is -0.121. The van der Waals surface area contributed by atoms with Crippen LogP contribution in [0.25, 0.3) is 0 Å². The fourth-order valence-corrected chi connectivity index (χ4v) is 1.40. The first kappa shape index (κ1) is 16.1. The number of amides is 2. The predicted molar refractivity (Wildman–Crippen MR) is 72.0 cm³/mol. The summed E-state index contributed by atoms with van der Waals surface area (Å²) in [5.41, 5.74) is 0.381. The Kier molecular flexibility index (Phi) is 6.61. The number of methoxy groups -OCH3 is 1. The molecule has 20 heavy (non-hydrogen) atoms. The van der Waals surface area contributed by atoms with Crippen LogP contribution in [0, 0.1) is 5.82 Å². The van der Waals surface area contributed by atoms with E-state index in [1.165, 1.54) is 26.2 Å². The van der Waals surface area contributed by atoms with E-state index in [0.29, 0.717) is 12.3 Å². The summed E-state index contributed by atoms with van der Waals surface area (Å²) >= 11 is 0. The summed E-state index contributed by atoms with van der Waals surface area (Å²) in [7, 11) is 1.52. The van der Waals surface area contributed by atoms with Gasteiger partial charge in [0.25, 0.3) is 0 Å². The molecule has 1 aromatic carbocycles. The molecule has 0 aliphatic carbocycles. The minimum Gasteiger partial charge on any atom is -0.382 e. The molecule has 0 saturated heterocycles. The molecular formula is C13H17FN2O4. The van der Waals surface area contributed by atoms with E-state index in [0.717, 1.165) is 6.07 Å². The van der Waals surface area contributed by atoms with Gasteiger partial charge in [-0.15, -0.1) is 0 Å². The SMILES string of the molecule is COCCOCC(=O)Nc1cc(NC(C)=O)ccc1F. The van der Waals surface area contributed by atoms with Crippen LogP contribution in [0.5, 0.6) is 0 Å². The molecule has 0 fully saturated rings.